The highest BCUT2D eigenvalue weighted by Gasteiger charge is 2.27. The van der Waals surface area contributed by atoms with Crippen LogP contribution in [0.2, 0.25) is 0 Å². The lowest BCUT2D eigenvalue weighted by atomic mass is 10.00. The zero-order valence-electron chi connectivity index (χ0n) is 23.7. The van der Waals surface area contributed by atoms with Gasteiger partial charge in [-0.2, -0.15) is 0 Å². The second-order valence-corrected chi connectivity index (χ2v) is 10.9. The molecule has 2 aromatic rings. The number of amides is 2. The van der Waals surface area contributed by atoms with E-state index in [-0.39, 0.29) is 30.1 Å². The quantitative estimate of drug-likeness (QED) is 0.286. The zero-order valence-corrected chi connectivity index (χ0v) is 23.7. The number of rotatable bonds is 11. The van der Waals surface area contributed by atoms with Gasteiger partial charge >= 0.3 is 0 Å². The maximum Gasteiger partial charge on any atom is 0.271 e. The van der Waals surface area contributed by atoms with Crippen LogP contribution in [-0.4, -0.2) is 94.4 Å². The Kier molecular flexibility index (Phi) is 10.4. The van der Waals surface area contributed by atoms with Gasteiger partial charge in [-0.3, -0.25) is 14.5 Å². The first-order valence-corrected chi connectivity index (χ1v) is 14.1. The van der Waals surface area contributed by atoms with E-state index in [4.69, 9.17) is 4.84 Å². The normalized spacial score (nSPS) is 17.3. The molecule has 3 heterocycles. The van der Waals surface area contributed by atoms with Gasteiger partial charge in [-0.15, -0.1) is 0 Å². The summed E-state index contributed by atoms with van der Waals surface area (Å²) in [6, 6.07) is 10.1. The molecule has 11 heteroatoms. The smallest absolute Gasteiger partial charge is 0.271 e. The van der Waals surface area contributed by atoms with Crippen LogP contribution in [0.15, 0.2) is 41.8 Å². The second-order valence-electron chi connectivity index (χ2n) is 10.9. The highest BCUT2D eigenvalue weighted by molar-refractivity contribution is 6.38. The van der Waals surface area contributed by atoms with E-state index in [1.54, 1.807) is 6.07 Å². The number of anilines is 1. The Morgan fingerprint density at radius 1 is 1.15 bits per heavy atom. The van der Waals surface area contributed by atoms with Crippen molar-refractivity contribution in [2.24, 2.45) is 11.1 Å². The highest BCUT2D eigenvalue weighted by atomic mass is 16.6. The molecule has 1 atom stereocenters. The average molecular weight is 552 g/mol. The number of β-amino-alcohol motifs (C(OH)–C–C–N with tert-alkyl or cyclic N) is 1. The Hall–Kier alpha value is -3.57. The SMILES string of the molecule is CO/N=C(/CC(C)C)C(=O)N1CCC(Nc2cc(C(=O)NC[C@H](O)CN3CCc4ccccc4C3)ncn2)CC1. The van der Waals surface area contributed by atoms with Gasteiger partial charge in [-0.05, 0) is 36.3 Å². The number of nitrogens with zero attached hydrogens (tertiary/aromatic N) is 5. The lowest BCUT2D eigenvalue weighted by molar-refractivity contribution is -0.125. The van der Waals surface area contributed by atoms with Crippen LogP contribution in [0.5, 0.6) is 0 Å². The second kappa shape index (κ2) is 14.2. The molecular formula is C29H41N7O4. The first kappa shape index (κ1) is 29.4. The molecule has 40 heavy (non-hydrogen) atoms. The Labute approximate surface area is 236 Å². The predicted octanol–water partition coefficient (Wildman–Crippen LogP) is 2.08. The number of nitrogens with one attached hydrogen (secondary N) is 2. The minimum absolute atomic E-state index is 0.0812. The lowest BCUT2D eigenvalue weighted by Gasteiger charge is -2.33. The molecule has 3 N–H and O–H groups in total. The number of aliphatic hydroxyl groups is 1. The summed E-state index contributed by atoms with van der Waals surface area (Å²) in [5.74, 6) is 0.419. The van der Waals surface area contributed by atoms with Gasteiger partial charge in [0.2, 0.25) is 0 Å². The molecule has 4 rings (SSSR count). The maximum absolute atomic E-state index is 12.9. The summed E-state index contributed by atoms with van der Waals surface area (Å²) < 4.78 is 0. The number of benzene rings is 1. The number of likely N-dealkylation sites (tertiary alicyclic amines) is 1. The third kappa shape index (κ3) is 8.22. The number of aliphatic hydroxyl groups excluding tert-OH is 1. The average Bonchev–Trinajstić information content (AvgIpc) is 2.95. The molecule has 1 fully saturated rings. The summed E-state index contributed by atoms with van der Waals surface area (Å²) in [5, 5.41) is 20.7. The molecule has 2 aliphatic heterocycles. The highest BCUT2D eigenvalue weighted by Crippen LogP contribution is 2.19. The van der Waals surface area contributed by atoms with Crippen LogP contribution in [0.25, 0.3) is 0 Å². The van der Waals surface area contributed by atoms with E-state index in [0.717, 1.165) is 32.4 Å². The van der Waals surface area contributed by atoms with E-state index in [9.17, 15) is 14.7 Å². The third-order valence-electron chi connectivity index (χ3n) is 7.26. The molecule has 0 aliphatic carbocycles. The van der Waals surface area contributed by atoms with Gasteiger partial charge in [-0.25, -0.2) is 9.97 Å². The molecule has 0 unspecified atom stereocenters. The minimum atomic E-state index is -0.684. The molecule has 0 bridgehead atoms. The molecule has 2 aliphatic rings. The minimum Gasteiger partial charge on any atom is -0.399 e. The Balaban J connectivity index is 1.22. The Morgan fingerprint density at radius 2 is 1.90 bits per heavy atom. The van der Waals surface area contributed by atoms with Crippen molar-refractivity contribution >= 4 is 23.3 Å². The van der Waals surface area contributed by atoms with Gasteiger partial charge < -0.3 is 25.5 Å². The monoisotopic (exact) mass is 551 g/mol. The molecule has 0 radical (unpaired) electrons. The molecule has 1 saturated heterocycles. The van der Waals surface area contributed by atoms with Gasteiger partial charge in [0.15, 0.2) is 0 Å². The van der Waals surface area contributed by atoms with Gasteiger partial charge in [0.25, 0.3) is 11.8 Å². The number of hydrogen-bond donors (Lipinski definition) is 3. The number of carbonyl (C=O) groups excluding carboxylic acids is 2. The summed E-state index contributed by atoms with van der Waals surface area (Å²) in [7, 11) is 1.46. The molecule has 0 saturated carbocycles. The van der Waals surface area contributed by atoms with Crippen molar-refractivity contribution in [2.75, 3.05) is 45.2 Å². The van der Waals surface area contributed by atoms with Crippen molar-refractivity contribution in [1.82, 2.24) is 25.1 Å². The summed E-state index contributed by atoms with van der Waals surface area (Å²) >= 11 is 0. The van der Waals surface area contributed by atoms with Gasteiger partial charge in [-0.1, -0.05) is 43.3 Å². The number of hydrogen-bond acceptors (Lipinski definition) is 9. The van der Waals surface area contributed by atoms with Gasteiger partial charge in [0.05, 0.1) is 6.10 Å². The Bertz CT molecular complexity index is 1180. The number of piperidine rings is 1. The van der Waals surface area contributed by atoms with Crippen LogP contribution in [-0.2, 0) is 22.6 Å². The van der Waals surface area contributed by atoms with Crippen LogP contribution in [0.1, 0.15) is 54.7 Å². The van der Waals surface area contributed by atoms with Crippen molar-refractivity contribution in [3.05, 3.63) is 53.5 Å². The van der Waals surface area contributed by atoms with Crippen LogP contribution >= 0.6 is 0 Å². The molecule has 216 valence electrons. The standard InChI is InChI=1S/C29H41N7O4/c1-20(2)14-26(34-40-3)29(39)36-12-9-23(10-13-36)33-27-15-25(31-19-32-27)28(38)30-16-24(37)18-35-11-8-21-6-4-5-7-22(21)17-35/h4-7,15,19-20,23-24,37H,8-14,16-18H2,1-3H3,(H,30,38)(H,31,32,33)/b34-26-/t24-/m0/s1. The lowest BCUT2D eigenvalue weighted by Crippen LogP contribution is -2.45. The fourth-order valence-corrected chi connectivity index (χ4v) is 5.21. The number of aromatic nitrogens is 2. The van der Waals surface area contributed by atoms with Crippen molar-refractivity contribution in [3.8, 4) is 0 Å². The van der Waals surface area contributed by atoms with E-state index >= 15 is 0 Å². The summed E-state index contributed by atoms with van der Waals surface area (Å²) in [6.45, 7) is 7.59. The van der Waals surface area contributed by atoms with Gasteiger partial charge in [0, 0.05) is 57.8 Å². The van der Waals surface area contributed by atoms with Gasteiger partial charge in [0.1, 0.15) is 30.7 Å². The maximum atomic E-state index is 12.9. The van der Waals surface area contributed by atoms with E-state index in [1.807, 2.05) is 24.8 Å². The predicted molar refractivity (Wildman–Crippen MR) is 153 cm³/mol. The molecule has 2 amide bonds. The van der Waals surface area contributed by atoms with Crippen LogP contribution in [0.4, 0.5) is 5.82 Å². The molecule has 0 spiro atoms. The number of fused-ring (bicyclic) bond motifs is 1. The topological polar surface area (TPSA) is 132 Å². The van der Waals surface area contributed by atoms with Crippen LogP contribution < -0.4 is 10.6 Å². The van der Waals surface area contributed by atoms with Crippen molar-refractivity contribution < 1.29 is 19.5 Å². The fraction of sp³-hybridized carbons (Fsp3) is 0.552. The van der Waals surface area contributed by atoms with Crippen LogP contribution in [0, 0.1) is 5.92 Å². The van der Waals surface area contributed by atoms with Crippen molar-refractivity contribution in [1.29, 1.82) is 0 Å². The number of carbonyl (C=O) groups is 2. The Morgan fingerprint density at radius 3 is 2.62 bits per heavy atom. The molecular weight excluding hydrogens is 510 g/mol. The van der Waals surface area contributed by atoms with Crippen molar-refractivity contribution in [3.63, 3.8) is 0 Å². The van der Waals surface area contributed by atoms with E-state index in [2.05, 4.69) is 48.9 Å². The first-order valence-electron chi connectivity index (χ1n) is 14.1. The summed E-state index contributed by atoms with van der Waals surface area (Å²) in [5.41, 5.74) is 3.33. The van der Waals surface area contributed by atoms with Crippen molar-refractivity contribution in [2.45, 2.75) is 58.2 Å². The molecule has 11 nitrogen and oxygen atoms in total. The third-order valence-corrected chi connectivity index (χ3v) is 7.26. The molecule has 1 aromatic carbocycles. The summed E-state index contributed by atoms with van der Waals surface area (Å²) in [4.78, 5) is 42.9. The largest absolute Gasteiger partial charge is 0.399 e. The number of oxime groups is 1. The first-order chi connectivity index (χ1) is 19.3. The zero-order chi connectivity index (χ0) is 28.5. The summed E-state index contributed by atoms with van der Waals surface area (Å²) in [6.07, 6.45) is 3.69. The van der Waals surface area contributed by atoms with E-state index in [1.165, 1.54) is 24.6 Å². The van der Waals surface area contributed by atoms with Crippen LogP contribution in [0.3, 0.4) is 0 Å². The molecule has 1 aromatic heterocycles. The van der Waals surface area contributed by atoms with E-state index in [0.29, 0.717) is 43.5 Å². The van der Waals surface area contributed by atoms with E-state index < -0.39 is 6.10 Å². The fourth-order valence-electron chi connectivity index (χ4n) is 5.21.